The molecule has 0 spiro atoms. The van der Waals surface area contributed by atoms with Crippen molar-refractivity contribution >= 4 is 53.3 Å². The predicted molar refractivity (Wildman–Crippen MR) is 125 cm³/mol. The normalized spacial score (nSPS) is 13.7. The van der Waals surface area contributed by atoms with E-state index in [1.165, 1.54) is 11.9 Å². The van der Waals surface area contributed by atoms with Crippen molar-refractivity contribution in [2.45, 2.75) is 30.7 Å². The number of anilines is 3. The second-order valence-corrected chi connectivity index (χ2v) is 8.08. The van der Waals surface area contributed by atoms with E-state index >= 15 is 0 Å². The molecule has 2 aromatic heterocycles. The van der Waals surface area contributed by atoms with Gasteiger partial charge in [0.2, 0.25) is 6.41 Å². The molecule has 3 aromatic rings. The van der Waals surface area contributed by atoms with E-state index in [0.29, 0.717) is 29.5 Å². The first kappa shape index (κ1) is 21.7. The molecule has 1 fully saturated rings. The lowest BCUT2D eigenvalue weighted by atomic mass is 10.2. The summed E-state index contributed by atoms with van der Waals surface area (Å²) in [7, 11) is 1.60. The van der Waals surface area contributed by atoms with Gasteiger partial charge in [0, 0.05) is 35.3 Å². The van der Waals surface area contributed by atoms with Gasteiger partial charge in [-0.15, -0.1) is 0 Å². The van der Waals surface area contributed by atoms with Crippen LogP contribution in [-0.4, -0.2) is 40.0 Å². The number of benzene rings is 1. The van der Waals surface area contributed by atoms with Crippen LogP contribution >= 0.6 is 11.9 Å². The summed E-state index contributed by atoms with van der Waals surface area (Å²) < 4.78 is 1.70. The third kappa shape index (κ3) is 4.68. The molecule has 166 valence electrons. The van der Waals surface area contributed by atoms with Gasteiger partial charge in [0.15, 0.2) is 5.65 Å². The summed E-state index contributed by atoms with van der Waals surface area (Å²) >= 11 is 1.20. The molecule has 6 N–H and O–H groups in total. The highest BCUT2D eigenvalue weighted by molar-refractivity contribution is 7.97. The zero-order chi connectivity index (χ0) is 22.7. The van der Waals surface area contributed by atoms with Gasteiger partial charge in [0.05, 0.1) is 6.20 Å². The number of imide groups is 1. The zero-order valence-electron chi connectivity index (χ0n) is 17.7. The van der Waals surface area contributed by atoms with Gasteiger partial charge in [-0.25, -0.2) is 4.98 Å². The number of aryl methyl sites for hydroxylation is 1. The predicted octanol–water partition coefficient (Wildman–Crippen LogP) is 2.15. The number of hydrogen-bond donors (Lipinski definition) is 5. The lowest BCUT2D eigenvalue weighted by Gasteiger charge is -2.13. The first-order valence-electron chi connectivity index (χ1n) is 10.1. The zero-order valence-corrected chi connectivity index (χ0v) is 18.5. The van der Waals surface area contributed by atoms with Gasteiger partial charge < -0.3 is 16.0 Å². The van der Waals surface area contributed by atoms with Crippen molar-refractivity contribution in [3.63, 3.8) is 0 Å². The Bertz CT molecular complexity index is 1200. The van der Waals surface area contributed by atoms with E-state index in [1.54, 1.807) is 23.8 Å². The number of likely N-dealkylation sites (N-methyl/N-ethyl adjacent to an activating group) is 1. The van der Waals surface area contributed by atoms with Crippen LogP contribution < -0.4 is 26.4 Å². The van der Waals surface area contributed by atoms with E-state index in [2.05, 4.69) is 26.4 Å². The van der Waals surface area contributed by atoms with E-state index in [-0.39, 0.29) is 5.70 Å². The van der Waals surface area contributed by atoms with Gasteiger partial charge in [0.25, 0.3) is 5.91 Å². The molecule has 1 aliphatic carbocycles. The van der Waals surface area contributed by atoms with Crippen LogP contribution in [0.2, 0.25) is 0 Å². The van der Waals surface area contributed by atoms with Crippen LogP contribution in [0.5, 0.6) is 0 Å². The van der Waals surface area contributed by atoms with Crippen molar-refractivity contribution in [3.05, 3.63) is 47.3 Å². The SMILES string of the molecule is CN/C(=C\c1cnn2c(NC3CC3)cc(Nc3ccc(C)c(SN)c3)nc12)C(=O)NC=O. The second-order valence-electron chi connectivity index (χ2n) is 7.40. The van der Waals surface area contributed by atoms with Gasteiger partial charge in [-0.3, -0.25) is 20.0 Å². The Balaban J connectivity index is 1.76. The second kappa shape index (κ2) is 9.28. The van der Waals surface area contributed by atoms with Crippen molar-refractivity contribution < 1.29 is 9.59 Å². The number of hydrogen-bond acceptors (Lipinski definition) is 9. The molecule has 2 heterocycles. The summed E-state index contributed by atoms with van der Waals surface area (Å²) in [5.41, 5.74) is 3.35. The Morgan fingerprint density at radius 3 is 2.81 bits per heavy atom. The summed E-state index contributed by atoms with van der Waals surface area (Å²) in [4.78, 5) is 28.4. The lowest BCUT2D eigenvalue weighted by molar-refractivity contribution is -0.122. The third-order valence-electron chi connectivity index (χ3n) is 5.02. The molecule has 11 heteroatoms. The molecule has 1 saturated carbocycles. The molecule has 0 aliphatic heterocycles. The molecule has 0 unspecified atom stereocenters. The number of fused-ring (bicyclic) bond motifs is 1. The quantitative estimate of drug-likeness (QED) is 0.188. The van der Waals surface area contributed by atoms with E-state index in [4.69, 9.17) is 10.1 Å². The van der Waals surface area contributed by atoms with Crippen LogP contribution in [0.3, 0.4) is 0 Å². The van der Waals surface area contributed by atoms with Gasteiger partial charge in [-0.1, -0.05) is 6.07 Å². The highest BCUT2D eigenvalue weighted by atomic mass is 32.2. The van der Waals surface area contributed by atoms with Crippen molar-refractivity contribution in [2.24, 2.45) is 5.14 Å². The molecule has 0 bridgehead atoms. The molecule has 0 atom stereocenters. The molecule has 0 radical (unpaired) electrons. The van der Waals surface area contributed by atoms with E-state index in [9.17, 15) is 9.59 Å². The standard InChI is InChI=1S/C21H24N8O2S/c1-12-3-4-15(8-17(12)32-22)26-18-9-19(27-14-5-6-14)29-20(28-18)13(10-25-29)7-16(23-2)21(31)24-11-30/h3-4,7-11,14,23,27H,5-6,22H2,1-2H3,(H,26,28)(H,24,30,31)/b16-7-. The average Bonchev–Trinajstić information content (AvgIpc) is 3.51. The molecule has 10 nitrogen and oxygen atoms in total. The maximum Gasteiger partial charge on any atom is 0.273 e. The number of aromatic nitrogens is 3. The van der Waals surface area contributed by atoms with Crippen LogP contribution in [-0.2, 0) is 9.59 Å². The van der Waals surface area contributed by atoms with Crippen molar-refractivity contribution in [1.82, 2.24) is 25.2 Å². The summed E-state index contributed by atoms with van der Waals surface area (Å²) in [6, 6.07) is 8.24. The molecular formula is C21H24N8O2S. The summed E-state index contributed by atoms with van der Waals surface area (Å²) in [6.45, 7) is 2.01. The number of carbonyl (C=O) groups is 2. The number of nitrogens with one attached hydrogen (secondary N) is 4. The molecule has 32 heavy (non-hydrogen) atoms. The monoisotopic (exact) mass is 452 g/mol. The van der Waals surface area contributed by atoms with Gasteiger partial charge in [-0.05, 0) is 55.5 Å². The Kier molecular flexibility index (Phi) is 6.28. The van der Waals surface area contributed by atoms with Crippen LogP contribution in [0.25, 0.3) is 11.7 Å². The summed E-state index contributed by atoms with van der Waals surface area (Å²) in [6.07, 6.45) is 5.78. The van der Waals surface area contributed by atoms with E-state index < -0.39 is 5.91 Å². The van der Waals surface area contributed by atoms with Crippen LogP contribution in [0.4, 0.5) is 17.3 Å². The van der Waals surface area contributed by atoms with Crippen molar-refractivity contribution in [1.29, 1.82) is 0 Å². The minimum atomic E-state index is -0.543. The summed E-state index contributed by atoms with van der Waals surface area (Å²) in [5.74, 6) is 0.874. The van der Waals surface area contributed by atoms with Crippen LogP contribution in [0.1, 0.15) is 24.0 Å². The third-order valence-corrected chi connectivity index (χ3v) is 5.71. The Morgan fingerprint density at radius 1 is 1.31 bits per heavy atom. The number of nitrogens with zero attached hydrogens (tertiary/aromatic N) is 3. The first-order valence-corrected chi connectivity index (χ1v) is 10.9. The molecular weight excluding hydrogens is 428 g/mol. The fraction of sp³-hybridized carbons (Fsp3) is 0.238. The van der Waals surface area contributed by atoms with Gasteiger partial charge in [-0.2, -0.15) is 9.61 Å². The van der Waals surface area contributed by atoms with Gasteiger partial charge >= 0.3 is 0 Å². The minimum Gasteiger partial charge on any atom is -0.384 e. The number of amides is 2. The minimum absolute atomic E-state index is 0.215. The fourth-order valence-electron chi connectivity index (χ4n) is 3.18. The molecule has 1 aromatic carbocycles. The highest BCUT2D eigenvalue weighted by Crippen LogP contribution is 2.29. The first-order chi connectivity index (χ1) is 15.5. The Labute approximate surface area is 189 Å². The molecule has 4 rings (SSSR count). The lowest BCUT2D eigenvalue weighted by Crippen LogP contribution is -2.28. The highest BCUT2D eigenvalue weighted by Gasteiger charge is 2.23. The average molecular weight is 453 g/mol. The van der Waals surface area contributed by atoms with Gasteiger partial charge in [0.1, 0.15) is 17.3 Å². The van der Waals surface area contributed by atoms with Crippen LogP contribution in [0, 0.1) is 6.92 Å². The number of carbonyl (C=O) groups excluding carboxylic acids is 2. The molecule has 1 aliphatic rings. The molecule has 0 saturated heterocycles. The van der Waals surface area contributed by atoms with Crippen LogP contribution in [0.15, 0.2) is 41.1 Å². The smallest absolute Gasteiger partial charge is 0.273 e. The maximum atomic E-state index is 12.1. The Hall–Kier alpha value is -3.57. The Morgan fingerprint density at radius 2 is 2.12 bits per heavy atom. The van der Waals surface area contributed by atoms with E-state index in [0.717, 1.165) is 34.8 Å². The largest absolute Gasteiger partial charge is 0.384 e. The van der Waals surface area contributed by atoms with Crippen molar-refractivity contribution in [3.8, 4) is 0 Å². The maximum absolute atomic E-state index is 12.1. The number of rotatable bonds is 9. The summed E-state index contributed by atoms with van der Waals surface area (Å²) in [5, 5.41) is 22.0. The van der Waals surface area contributed by atoms with E-state index in [1.807, 2.05) is 31.2 Å². The van der Waals surface area contributed by atoms with Crippen molar-refractivity contribution in [2.75, 3.05) is 17.7 Å². The molecule has 2 amide bonds. The number of nitrogens with two attached hydrogens (primary N) is 1. The fourth-order valence-corrected chi connectivity index (χ4v) is 3.62. The topological polar surface area (TPSA) is 138 Å².